The van der Waals surface area contributed by atoms with Gasteiger partial charge in [0.05, 0.1) is 19.2 Å². The second kappa shape index (κ2) is 9.13. The van der Waals surface area contributed by atoms with Crippen molar-refractivity contribution in [3.63, 3.8) is 0 Å². The number of quaternary nitrogens is 2. The summed E-state index contributed by atoms with van der Waals surface area (Å²) in [5.41, 5.74) is 1.20. The minimum absolute atomic E-state index is 0.0963. The second-order valence-corrected chi connectivity index (χ2v) is 8.18. The van der Waals surface area contributed by atoms with Crippen molar-refractivity contribution >= 4 is 11.6 Å². The summed E-state index contributed by atoms with van der Waals surface area (Å²) in [7, 11) is 0. The first-order valence-corrected chi connectivity index (χ1v) is 10.5. The van der Waals surface area contributed by atoms with Crippen LogP contribution in [0.15, 0.2) is 36.9 Å². The molecule has 28 heavy (non-hydrogen) atoms. The van der Waals surface area contributed by atoms with Crippen LogP contribution in [0.2, 0.25) is 5.02 Å². The molecule has 1 aromatic heterocycles. The number of ether oxygens (including phenoxy) is 1. The standard InChI is InChI=1S/C20H27ClN6O/c1-2-9-25-10-12-26(13-11-25)19(16-5-7-17(21)8-6-16)20-22-23-24-27(20)15-18-4-3-14-28-18/h2,5-8,18-19H,1,3-4,9-15H2/p+2/t18-,19+/m0/s1. The molecule has 2 atom stereocenters. The third kappa shape index (κ3) is 4.43. The largest absolute Gasteiger partial charge is 0.376 e. The molecule has 0 unspecified atom stereocenters. The fourth-order valence-electron chi connectivity index (χ4n) is 4.37. The Balaban J connectivity index is 1.60. The van der Waals surface area contributed by atoms with Gasteiger partial charge in [-0.25, -0.2) is 4.68 Å². The Morgan fingerprint density at radius 2 is 2.04 bits per heavy atom. The Kier molecular flexibility index (Phi) is 6.36. The Bertz CT molecular complexity index is 765. The molecule has 0 aliphatic carbocycles. The number of rotatable bonds is 7. The average molecular weight is 405 g/mol. The summed E-state index contributed by atoms with van der Waals surface area (Å²) < 4.78 is 7.77. The van der Waals surface area contributed by atoms with Crippen LogP contribution in [0.5, 0.6) is 0 Å². The molecule has 2 fully saturated rings. The molecular formula is C20H29ClN6O+2. The first kappa shape index (κ1) is 19.5. The molecule has 2 aliphatic heterocycles. The molecule has 1 aromatic carbocycles. The molecule has 3 heterocycles. The predicted molar refractivity (Wildman–Crippen MR) is 107 cm³/mol. The topological polar surface area (TPSA) is 61.7 Å². The maximum absolute atomic E-state index is 6.14. The van der Waals surface area contributed by atoms with Crippen LogP contribution in [0.3, 0.4) is 0 Å². The van der Waals surface area contributed by atoms with Crippen molar-refractivity contribution < 1.29 is 14.5 Å². The van der Waals surface area contributed by atoms with E-state index in [1.165, 1.54) is 10.5 Å². The average Bonchev–Trinajstić information content (AvgIpc) is 3.38. The zero-order valence-corrected chi connectivity index (χ0v) is 16.9. The molecule has 2 N–H and O–H groups in total. The van der Waals surface area contributed by atoms with Crippen molar-refractivity contribution in [2.24, 2.45) is 0 Å². The van der Waals surface area contributed by atoms with Crippen LogP contribution in [0.25, 0.3) is 0 Å². The van der Waals surface area contributed by atoms with Gasteiger partial charge in [-0.1, -0.05) is 30.3 Å². The van der Waals surface area contributed by atoms with Crippen LogP contribution in [0.1, 0.15) is 30.3 Å². The number of nitrogens with one attached hydrogen (secondary N) is 2. The van der Waals surface area contributed by atoms with E-state index in [0.717, 1.165) is 63.0 Å². The number of piperazine rings is 1. The highest BCUT2D eigenvalue weighted by Crippen LogP contribution is 2.21. The van der Waals surface area contributed by atoms with E-state index in [0.29, 0.717) is 6.54 Å². The van der Waals surface area contributed by atoms with Crippen LogP contribution in [0, 0.1) is 0 Å². The molecule has 8 heteroatoms. The Labute approximate surface area is 170 Å². The van der Waals surface area contributed by atoms with Gasteiger partial charge in [0.25, 0.3) is 0 Å². The highest BCUT2D eigenvalue weighted by Gasteiger charge is 2.35. The lowest BCUT2D eigenvalue weighted by Gasteiger charge is -2.34. The molecule has 2 aliphatic rings. The second-order valence-electron chi connectivity index (χ2n) is 7.74. The van der Waals surface area contributed by atoms with Crippen molar-refractivity contribution in [3.05, 3.63) is 53.3 Å². The molecule has 7 nitrogen and oxygen atoms in total. The summed E-state index contributed by atoms with van der Waals surface area (Å²) in [5.74, 6) is 0.917. The third-order valence-electron chi connectivity index (χ3n) is 5.86. The van der Waals surface area contributed by atoms with E-state index in [1.54, 1.807) is 4.90 Å². The number of aromatic nitrogens is 4. The highest BCUT2D eigenvalue weighted by molar-refractivity contribution is 6.30. The van der Waals surface area contributed by atoms with E-state index in [1.807, 2.05) is 22.9 Å². The molecule has 150 valence electrons. The zero-order valence-electron chi connectivity index (χ0n) is 16.2. The molecule has 0 spiro atoms. The lowest BCUT2D eigenvalue weighted by molar-refractivity contribution is -1.02. The minimum atomic E-state index is 0.0963. The van der Waals surface area contributed by atoms with Gasteiger partial charge in [0, 0.05) is 17.2 Å². The fourth-order valence-corrected chi connectivity index (χ4v) is 4.50. The SMILES string of the molecule is C=CC[NH+]1CC[NH+]([C@H](c2ccc(Cl)cc2)c2nnnn2C[C@@H]2CCCO2)CC1. The van der Waals surface area contributed by atoms with Gasteiger partial charge in [-0.05, 0) is 41.5 Å². The number of benzene rings is 1. The van der Waals surface area contributed by atoms with Crippen molar-refractivity contribution in [1.82, 2.24) is 20.2 Å². The van der Waals surface area contributed by atoms with Gasteiger partial charge in [0.1, 0.15) is 26.2 Å². The zero-order chi connectivity index (χ0) is 19.3. The van der Waals surface area contributed by atoms with E-state index in [2.05, 4.69) is 34.2 Å². The number of halogens is 1. The van der Waals surface area contributed by atoms with Crippen molar-refractivity contribution in [2.75, 3.05) is 39.3 Å². The summed E-state index contributed by atoms with van der Waals surface area (Å²) in [5, 5.41) is 13.5. The quantitative estimate of drug-likeness (QED) is 0.614. The van der Waals surface area contributed by atoms with Gasteiger partial charge in [-0.15, -0.1) is 5.10 Å². The van der Waals surface area contributed by atoms with Crippen LogP contribution in [0.4, 0.5) is 0 Å². The number of tetrazole rings is 1. The molecule has 2 saturated heterocycles. The summed E-state index contributed by atoms with van der Waals surface area (Å²) in [6.45, 7) is 10.9. The van der Waals surface area contributed by atoms with Gasteiger partial charge in [0.2, 0.25) is 5.82 Å². The molecule has 0 amide bonds. The number of hydrogen-bond acceptors (Lipinski definition) is 4. The molecular weight excluding hydrogens is 376 g/mol. The lowest BCUT2D eigenvalue weighted by atomic mass is 10.0. The predicted octanol–water partition coefficient (Wildman–Crippen LogP) is -0.436. The van der Waals surface area contributed by atoms with Gasteiger partial charge in [0.15, 0.2) is 6.04 Å². The maximum Gasteiger partial charge on any atom is 0.214 e. The molecule has 4 rings (SSSR count). The number of nitrogens with zero attached hydrogens (tertiary/aromatic N) is 4. The van der Waals surface area contributed by atoms with Gasteiger partial charge >= 0.3 is 0 Å². The van der Waals surface area contributed by atoms with Crippen LogP contribution in [-0.4, -0.2) is 65.6 Å². The van der Waals surface area contributed by atoms with E-state index in [-0.39, 0.29) is 12.1 Å². The summed E-state index contributed by atoms with van der Waals surface area (Å²) >= 11 is 6.14. The third-order valence-corrected chi connectivity index (χ3v) is 6.11. The van der Waals surface area contributed by atoms with Gasteiger partial charge in [-0.2, -0.15) is 0 Å². The van der Waals surface area contributed by atoms with E-state index in [9.17, 15) is 0 Å². The van der Waals surface area contributed by atoms with Crippen molar-refractivity contribution in [1.29, 1.82) is 0 Å². The van der Waals surface area contributed by atoms with Crippen LogP contribution in [-0.2, 0) is 11.3 Å². The summed E-state index contributed by atoms with van der Waals surface area (Å²) in [4.78, 5) is 3.09. The first-order valence-electron chi connectivity index (χ1n) is 10.2. The minimum Gasteiger partial charge on any atom is -0.376 e. The Hall–Kier alpha value is -1.80. The maximum atomic E-state index is 6.14. The highest BCUT2D eigenvalue weighted by atomic mass is 35.5. The Morgan fingerprint density at radius 3 is 2.71 bits per heavy atom. The van der Waals surface area contributed by atoms with Gasteiger partial charge in [-0.3, -0.25) is 0 Å². The smallest absolute Gasteiger partial charge is 0.214 e. The Morgan fingerprint density at radius 1 is 1.25 bits per heavy atom. The molecule has 0 radical (unpaired) electrons. The van der Waals surface area contributed by atoms with E-state index in [4.69, 9.17) is 16.3 Å². The van der Waals surface area contributed by atoms with Gasteiger partial charge < -0.3 is 14.5 Å². The van der Waals surface area contributed by atoms with Crippen molar-refractivity contribution in [2.45, 2.75) is 31.5 Å². The van der Waals surface area contributed by atoms with Crippen molar-refractivity contribution in [3.8, 4) is 0 Å². The summed E-state index contributed by atoms with van der Waals surface area (Å²) in [6, 6.07) is 8.22. The molecule has 0 bridgehead atoms. The molecule has 2 aromatic rings. The van der Waals surface area contributed by atoms with Crippen LogP contribution >= 0.6 is 11.6 Å². The van der Waals surface area contributed by atoms with E-state index < -0.39 is 0 Å². The molecule has 0 saturated carbocycles. The summed E-state index contributed by atoms with van der Waals surface area (Å²) in [6.07, 6.45) is 4.40. The number of hydrogen-bond donors (Lipinski definition) is 2. The van der Waals surface area contributed by atoms with E-state index >= 15 is 0 Å². The lowest BCUT2D eigenvalue weighted by Crippen LogP contribution is -3.28. The normalized spacial score (nSPS) is 26.2. The fraction of sp³-hybridized carbons (Fsp3) is 0.550. The van der Waals surface area contributed by atoms with Crippen LogP contribution < -0.4 is 9.80 Å². The first-order chi connectivity index (χ1) is 13.7. The monoisotopic (exact) mass is 404 g/mol.